The fraction of sp³-hybridized carbons (Fsp3) is 0.0882. The Morgan fingerprint density at radius 3 is 1.39 bits per heavy atom. The number of benzene rings is 5. The second kappa shape index (κ2) is 34.2. The first-order valence-corrected chi connectivity index (χ1v) is 30.2. The standard InChI is InChI=1S/C21H17ClN4O3S.C12H10N4O2.C12H10N2O4.C12H12N2O2.C11H7FN2O3/c1-29-18-12-15(25-11-3-2-4-21(25)28)6-7-16(18)26-13-14(23-24-26)5-8-17(27)19-9-10-20(22)30-19;1-18-11-8-9(5-6-10(11)14-15-13)16-7-3-2-4-12(16)17;1-18-11-8-9(5-6-10(11)14(16)17)13-7-3-2-4-12(13)15;1-16-11-8-9(5-6-10(11)13)14-7-3-2-4-12(14)15;12-9-7-8(4-5-10(9)14(16)17)13-6-2-1-3-11(13)15/h2-4,6-7,9-13H,5,8H2,1H3;2*2-8H,1H3;2-8H,13H2,1H3;1-7H. The molecular formula is C68H56ClFN14O14S. The Morgan fingerprint density at radius 1 is 0.556 bits per heavy atom. The average molecular weight is 1380 g/mol. The number of Topliss-reactive ketones (excluding diaryl/α,β-unsaturated/α-hetero) is 1. The highest BCUT2D eigenvalue weighted by Crippen LogP contribution is 2.32. The quantitative estimate of drug-likeness (QED) is 0.0168. The molecule has 0 atom stereocenters. The smallest absolute Gasteiger partial charge is 0.311 e. The second-order valence-corrected chi connectivity index (χ2v) is 21.8. The summed E-state index contributed by atoms with van der Waals surface area (Å²) in [7, 11) is 5.92. The summed E-state index contributed by atoms with van der Waals surface area (Å²) in [6.45, 7) is 0. The van der Waals surface area contributed by atoms with E-state index in [-0.39, 0.29) is 50.7 Å². The number of carbonyl (C=O) groups excluding carboxylic acids is 1. The predicted molar refractivity (Wildman–Crippen MR) is 370 cm³/mol. The minimum absolute atomic E-state index is 0.0247. The van der Waals surface area contributed by atoms with Crippen LogP contribution < -0.4 is 52.5 Å². The molecule has 0 amide bonds. The van der Waals surface area contributed by atoms with E-state index in [0.717, 1.165) is 17.8 Å². The number of ketones is 1. The third-order valence-corrected chi connectivity index (χ3v) is 15.2. The van der Waals surface area contributed by atoms with E-state index < -0.39 is 21.4 Å². The lowest BCUT2D eigenvalue weighted by Crippen LogP contribution is -2.15. The van der Waals surface area contributed by atoms with Crippen LogP contribution in [0.3, 0.4) is 0 Å². The number of pyridine rings is 5. The van der Waals surface area contributed by atoms with Crippen LogP contribution in [0.15, 0.2) is 260 Å². The molecule has 0 radical (unpaired) electrons. The van der Waals surface area contributed by atoms with Gasteiger partial charge in [0.25, 0.3) is 27.8 Å². The Hall–Kier alpha value is -13.3. The maximum Gasteiger partial charge on any atom is 0.311 e. The van der Waals surface area contributed by atoms with E-state index in [9.17, 15) is 53.4 Å². The highest BCUT2D eigenvalue weighted by molar-refractivity contribution is 7.18. The molecule has 0 unspecified atom stereocenters. The van der Waals surface area contributed by atoms with Gasteiger partial charge in [0.05, 0.1) is 99.2 Å². The van der Waals surface area contributed by atoms with E-state index in [4.69, 9.17) is 41.8 Å². The van der Waals surface area contributed by atoms with Gasteiger partial charge in [0, 0.05) is 122 Å². The van der Waals surface area contributed by atoms with E-state index in [1.165, 1.54) is 109 Å². The Morgan fingerprint density at radius 2 is 0.970 bits per heavy atom. The van der Waals surface area contributed by atoms with Crippen molar-refractivity contribution in [3.05, 3.63) is 334 Å². The Kier molecular flexibility index (Phi) is 24.7. The van der Waals surface area contributed by atoms with E-state index >= 15 is 0 Å². The third kappa shape index (κ3) is 18.5. The van der Waals surface area contributed by atoms with Crippen LogP contribution in [0.1, 0.15) is 21.8 Å². The van der Waals surface area contributed by atoms with E-state index in [2.05, 4.69) is 20.3 Å². The zero-order chi connectivity index (χ0) is 71.1. The number of nitro benzene ring substituents is 2. The number of halogens is 2. The van der Waals surface area contributed by atoms with Gasteiger partial charge in [-0.25, -0.2) is 4.68 Å². The van der Waals surface area contributed by atoms with Crippen molar-refractivity contribution in [2.45, 2.75) is 12.8 Å². The first-order chi connectivity index (χ1) is 47.7. The first kappa shape index (κ1) is 71.5. The van der Waals surface area contributed by atoms with Crippen LogP contribution in [0.5, 0.6) is 23.0 Å². The highest BCUT2D eigenvalue weighted by Gasteiger charge is 2.18. The molecule has 7 aromatic heterocycles. The zero-order valence-corrected chi connectivity index (χ0v) is 54.2. The van der Waals surface area contributed by atoms with Gasteiger partial charge in [0.15, 0.2) is 11.5 Å². The first-order valence-electron chi connectivity index (χ1n) is 29.0. The molecule has 0 aliphatic heterocycles. The minimum Gasteiger partial charge on any atom is -0.496 e. The fourth-order valence-corrected chi connectivity index (χ4v) is 10.1. The molecule has 0 bridgehead atoms. The van der Waals surface area contributed by atoms with Crippen LogP contribution in [0.4, 0.5) is 27.1 Å². The number of hydrogen-bond acceptors (Lipinski definition) is 19. The normalized spacial score (nSPS) is 10.2. The number of aryl methyl sites for hydroxylation is 1. The van der Waals surface area contributed by atoms with Crippen LogP contribution in [0, 0.1) is 26.0 Å². The molecule has 99 heavy (non-hydrogen) atoms. The molecule has 28 nitrogen and oxygen atoms in total. The summed E-state index contributed by atoms with van der Waals surface area (Å²) < 4.78 is 43.3. The average Bonchev–Trinajstić information content (AvgIpc) is 1.77. The van der Waals surface area contributed by atoms with Gasteiger partial charge in [-0.05, 0) is 96.5 Å². The third-order valence-electron chi connectivity index (χ3n) is 13.9. The molecule has 7 heterocycles. The summed E-state index contributed by atoms with van der Waals surface area (Å²) in [4.78, 5) is 93.9. The van der Waals surface area contributed by atoms with Gasteiger partial charge in [-0.15, -0.1) is 16.4 Å². The second-order valence-electron chi connectivity index (χ2n) is 20.1. The number of hydrogen-bond donors (Lipinski definition) is 1. The largest absolute Gasteiger partial charge is 0.496 e. The maximum absolute atomic E-state index is 13.4. The maximum atomic E-state index is 13.4. The lowest BCUT2D eigenvalue weighted by Gasteiger charge is -2.11. The molecule has 12 rings (SSSR count). The molecular weight excluding hydrogens is 1320 g/mol. The molecule has 5 aromatic carbocycles. The number of nitrogens with zero attached hydrogens (tertiary/aromatic N) is 13. The molecule has 502 valence electrons. The molecule has 2 N–H and O–H groups in total. The summed E-state index contributed by atoms with van der Waals surface area (Å²) in [6, 6.07) is 50.7. The molecule has 12 aromatic rings. The zero-order valence-electron chi connectivity index (χ0n) is 52.6. The number of carbonyl (C=O) groups is 1. The summed E-state index contributed by atoms with van der Waals surface area (Å²) in [6.07, 6.45) is 10.7. The Balaban J connectivity index is 0.000000162. The van der Waals surface area contributed by atoms with Gasteiger partial charge >= 0.3 is 11.4 Å². The number of nitro groups is 2. The molecule has 0 spiro atoms. The SMILES string of the molecule is COc1cc(-n2ccccc2=O)ccc1-n1cc(CCC(=O)c2ccc(Cl)s2)nn1.COc1cc(-n2ccccc2=O)ccc1N.COc1cc(-n2ccccc2=O)ccc1N=[N+]=[N-].COc1cc(-n2ccccc2=O)ccc1[N+](=O)[O-].O=c1ccccn1-c1ccc([N+](=O)[O-])c(F)c1. The van der Waals surface area contributed by atoms with E-state index in [0.29, 0.717) is 79.1 Å². The number of azide groups is 1. The topological polar surface area (TPSA) is 356 Å². The monoisotopic (exact) mass is 1380 g/mol. The number of nitrogen functional groups attached to an aromatic ring is 1. The number of anilines is 1. The lowest BCUT2D eigenvalue weighted by atomic mass is 10.1. The summed E-state index contributed by atoms with van der Waals surface area (Å²) in [5, 5.41) is 33.0. The molecule has 0 aliphatic rings. The number of methoxy groups -OCH3 is 4. The Labute approximate surface area is 568 Å². The van der Waals surface area contributed by atoms with Crippen LogP contribution in [-0.4, -0.2) is 81.9 Å². The van der Waals surface area contributed by atoms with Crippen molar-refractivity contribution >= 4 is 51.5 Å². The fourth-order valence-electron chi connectivity index (χ4n) is 9.13. The van der Waals surface area contributed by atoms with Gasteiger partial charge in [-0.1, -0.05) is 52.3 Å². The summed E-state index contributed by atoms with van der Waals surface area (Å²) >= 11 is 7.16. The molecule has 31 heteroatoms. The van der Waals surface area contributed by atoms with Crippen molar-refractivity contribution in [1.82, 2.24) is 37.8 Å². The van der Waals surface area contributed by atoms with Crippen molar-refractivity contribution in [3.8, 4) is 57.1 Å². The molecule has 0 fully saturated rings. The lowest BCUT2D eigenvalue weighted by molar-refractivity contribution is -0.387. The van der Waals surface area contributed by atoms with Crippen LogP contribution in [0.2, 0.25) is 4.34 Å². The highest BCUT2D eigenvalue weighted by atomic mass is 35.5. The van der Waals surface area contributed by atoms with Crippen LogP contribution >= 0.6 is 22.9 Å². The van der Waals surface area contributed by atoms with Gasteiger partial charge in [-0.3, -0.25) is 71.8 Å². The number of aromatic nitrogens is 8. The van der Waals surface area contributed by atoms with Gasteiger partial charge in [0.2, 0.25) is 5.82 Å². The van der Waals surface area contributed by atoms with Crippen molar-refractivity contribution in [3.63, 3.8) is 0 Å². The van der Waals surface area contributed by atoms with E-state index in [1.807, 2.05) is 12.1 Å². The molecule has 0 aliphatic carbocycles. The van der Waals surface area contributed by atoms with Crippen molar-refractivity contribution in [1.29, 1.82) is 0 Å². The Bertz CT molecular complexity index is 5150. The van der Waals surface area contributed by atoms with E-state index in [1.54, 1.807) is 165 Å². The van der Waals surface area contributed by atoms with Gasteiger partial charge in [0.1, 0.15) is 22.9 Å². The number of rotatable bonds is 17. The molecule has 0 saturated carbocycles. The number of nitrogens with two attached hydrogens (primary N) is 1. The summed E-state index contributed by atoms with van der Waals surface area (Å²) in [5.74, 6) is 0.700. The van der Waals surface area contributed by atoms with Gasteiger partial charge in [-0.2, -0.15) is 4.39 Å². The molecule has 0 saturated heterocycles. The predicted octanol–water partition coefficient (Wildman–Crippen LogP) is 11.8. The minimum atomic E-state index is -0.969. The van der Waals surface area contributed by atoms with Crippen LogP contribution in [-0.2, 0) is 6.42 Å². The number of thiophene rings is 1. The van der Waals surface area contributed by atoms with Crippen molar-refractivity contribution < 1.29 is 38.0 Å². The number of ether oxygens (including phenoxy) is 4. The van der Waals surface area contributed by atoms with Crippen LogP contribution in [0.25, 0.3) is 44.6 Å². The van der Waals surface area contributed by atoms with Crippen molar-refractivity contribution in [2.24, 2.45) is 5.11 Å². The van der Waals surface area contributed by atoms with Crippen molar-refractivity contribution in [2.75, 3.05) is 34.2 Å². The van der Waals surface area contributed by atoms with Gasteiger partial charge < -0.3 is 24.7 Å². The summed E-state index contributed by atoms with van der Waals surface area (Å²) in [5.41, 5.74) is 17.6.